The Kier molecular flexibility index (Phi) is 8.80. The first-order valence-corrected chi connectivity index (χ1v) is 10.9. The third kappa shape index (κ3) is 4.66. The molecule has 140 valence electrons. The van der Waals surface area contributed by atoms with E-state index in [-0.39, 0.29) is 65.3 Å². The topological polar surface area (TPSA) is 9.23 Å². The summed E-state index contributed by atoms with van der Waals surface area (Å²) in [5, 5.41) is -0.102. The van der Waals surface area contributed by atoms with Crippen LogP contribution >= 0.6 is 140 Å². The first-order valence-electron chi connectivity index (χ1n) is 5.91. The van der Waals surface area contributed by atoms with E-state index in [0.29, 0.717) is 0 Å². The average Bonchev–Trinajstić information content (AvgIpc) is 2.62. The van der Waals surface area contributed by atoms with E-state index in [4.69, 9.17) is 133 Å². The molecule has 1 nitrogen and oxygen atoms in total. The second kappa shape index (κ2) is 9.59. The summed E-state index contributed by atoms with van der Waals surface area (Å²) in [4.78, 5) is 0.233. The Hall–Kier alpha value is 1.58. The molecule has 13 heteroatoms. The second-order valence-electron chi connectivity index (χ2n) is 4.25. The lowest BCUT2D eigenvalue weighted by molar-refractivity contribution is 0.580. The van der Waals surface area contributed by atoms with Crippen molar-refractivity contribution in [3.63, 3.8) is 0 Å². The molecule has 26 heavy (non-hydrogen) atoms. The fourth-order valence-electron chi connectivity index (χ4n) is 1.54. The van der Waals surface area contributed by atoms with E-state index in [1.54, 1.807) is 0 Å². The number of ether oxygens (including phenoxy) is 1. The molecule has 0 N–H and O–H groups in total. The molecule has 0 spiro atoms. The van der Waals surface area contributed by atoms with E-state index in [9.17, 15) is 0 Å². The molecule has 0 unspecified atom stereocenters. The number of hydrogen-bond acceptors (Lipinski definition) is 3. The summed E-state index contributed by atoms with van der Waals surface area (Å²) in [6, 6.07) is 0. The maximum Gasteiger partial charge on any atom is 0.230 e. The molecule has 0 aromatic heterocycles. The van der Waals surface area contributed by atoms with E-state index < -0.39 is 0 Å². The van der Waals surface area contributed by atoms with E-state index in [2.05, 4.69) is 0 Å². The predicted molar refractivity (Wildman–Crippen MR) is 122 cm³/mol. The Morgan fingerprint density at radius 1 is 0.538 bits per heavy atom. The summed E-state index contributed by atoms with van der Waals surface area (Å²) < 4.78 is 5.39. The van der Waals surface area contributed by atoms with Crippen molar-refractivity contribution in [1.29, 1.82) is 0 Å². The van der Waals surface area contributed by atoms with Gasteiger partial charge in [-0.3, -0.25) is 0 Å². The van der Waals surface area contributed by atoms with Gasteiger partial charge in [0.15, 0.2) is 5.75 Å². The van der Waals surface area contributed by atoms with Crippen LogP contribution in [0.4, 0.5) is 0 Å². The van der Waals surface area contributed by atoms with Crippen molar-refractivity contribution in [2.24, 2.45) is 0 Å². The van der Waals surface area contributed by atoms with E-state index in [0.717, 1.165) is 11.8 Å². The van der Waals surface area contributed by atoms with Gasteiger partial charge in [0.05, 0.1) is 45.1 Å². The first kappa shape index (κ1) is 23.9. The maximum absolute atomic E-state index is 6.15. The molecule has 0 aliphatic heterocycles. The quantitative estimate of drug-likeness (QED) is 0.149. The van der Waals surface area contributed by atoms with Crippen molar-refractivity contribution in [3.8, 4) is 5.75 Å². The monoisotopic (exact) mass is 586 g/mol. The van der Waals surface area contributed by atoms with Crippen LogP contribution in [0.2, 0.25) is 50.2 Å². The Morgan fingerprint density at radius 2 is 0.846 bits per heavy atom. The second-order valence-corrected chi connectivity index (χ2v) is 9.64. The SMILES string of the molecule is S=C(Oc1c(Cl)c(Cl)c(Cl)c(Cl)c1Cl)Sc1c(Cl)c(Cl)c(Cl)c(Cl)c1Cl. The molecule has 0 heterocycles. The summed E-state index contributed by atoms with van der Waals surface area (Å²) in [6.07, 6.45) is 0. The van der Waals surface area contributed by atoms with Crippen molar-refractivity contribution in [2.45, 2.75) is 4.90 Å². The van der Waals surface area contributed by atoms with Gasteiger partial charge in [-0.1, -0.05) is 116 Å². The van der Waals surface area contributed by atoms with Crippen LogP contribution in [0.1, 0.15) is 0 Å². The highest BCUT2D eigenvalue weighted by atomic mass is 35.5. The van der Waals surface area contributed by atoms with Crippen LogP contribution in [0.3, 0.4) is 0 Å². The van der Waals surface area contributed by atoms with Crippen LogP contribution in [0, 0.1) is 0 Å². The summed E-state index contributed by atoms with van der Waals surface area (Å²) in [7, 11) is 0. The fourth-order valence-corrected chi connectivity index (χ4v) is 5.22. The van der Waals surface area contributed by atoms with Gasteiger partial charge in [0, 0.05) is 0 Å². The number of hydrogen-bond donors (Lipinski definition) is 0. The smallest absolute Gasteiger partial charge is 0.230 e. The summed E-state index contributed by atoms with van der Waals surface area (Å²) in [5.74, 6) is -0.0800. The van der Waals surface area contributed by atoms with Crippen LogP contribution < -0.4 is 4.74 Å². The molecular weight excluding hydrogens is 591 g/mol. The summed E-state index contributed by atoms with van der Waals surface area (Å²) in [6.45, 7) is 0. The van der Waals surface area contributed by atoms with Gasteiger partial charge in [0.25, 0.3) is 0 Å². The van der Waals surface area contributed by atoms with E-state index >= 15 is 0 Å². The average molecular weight is 591 g/mol. The van der Waals surface area contributed by atoms with Gasteiger partial charge < -0.3 is 4.74 Å². The van der Waals surface area contributed by atoms with E-state index in [1.807, 2.05) is 0 Å². The highest BCUT2D eigenvalue weighted by molar-refractivity contribution is 8.22. The molecule has 0 aliphatic carbocycles. The van der Waals surface area contributed by atoms with Crippen molar-refractivity contribution < 1.29 is 4.74 Å². The summed E-state index contributed by atoms with van der Waals surface area (Å²) >= 11 is 66.3. The minimum Gasteiger partial charge on any atom is -0.436 e. The lowest BCUT2D eigenvalue weighted by Crippen LogP contribution is -2.03. The number of benzene rings is 2. The Balaban J connectivity index is 2.41. The number of halogens is 10. The molecule has 0 saturated heterocycles. The van der Waals surface area contributed by atoms with Gasteiger partial charge in [0.1, 0.15) is 10.0 Å². The van der Waals surface area contributed by atoms with Crippen molar-refractivity contribution in [3.05, 3.63) is 50.2 Å². The molecule has 2 rings (SSSR count). The highest BCUT2D eigenvalue weighted by Crippen LogP contribution is 2.51. The standard InChI is InChI=1S/C13Cl10OS2/c14-1-3(16)7(20)11(8(21)4(1)17)24-13(25)26-12-9(22)5(18)2(15)6(19)10(12)23. The number of thiocarbonyl (C=S) groups is 1. The Morgan fingerprint density at radius 3 is 1.23 bits per heavy atom. The van der Waals surface area contributed by atoms with Gasteiger partial charge in [-0.25, -0.2) is 0 Å². The molecule has 0 amide bonds. The van der Waals surface area contributed by atoms with Gasteiger partial charge in [-0.15, -0.1) is 0 Å². The number of rotatable bonds is 2. The molecule has 2 aromatic rings. The van der Waals surface area contributed by atoms with Crippen LogP contribution in [0.5, 0.6) is 5.75 Å². The van der Waals surface area contributed by atoms with Gasteiger partial charge in [0.2, 0.25) is 4.38 Å². The normalized spacial score (nSPS) is 11.0. The van der Waals surface area contributed by atoms with Gasteiger partial charge >= 0.3 is 0 Å². The largest absolute Gasteiger partial charge is 0.436 e. The lowest BCUT2D eigenvalue weighted by Gasteiger charge is -2.15. The molecule has 0 fully saturated rings. The molecule has 0 aliphatic rings. The molecule has 2 aromatic carbocycles. The minimum absolute atomic E-state index is 0.0154. The van der Waals surface area contributed by atoms with Crippen molar-refractivity contribution in [2.75, 3.05) is 0 Å². The van der Waals surface area contributed by atoms with Gasteiger partial charge in [-0.05, 0) is 24.0 Å². The van der Waals surface area contributed by atoms with Crippen LogP contribution in [0.25, 0.3) is 0 Å². The molecule has 0 saturated carbocycles. The first-order chi connectivity index (χ1) is 12.0. The molecular formula is C13Cl10OS2. The van der Waals surface area contributed by atoms with Gasteiger partial charge in [-0.2, -0.15) is 0 Å². The van der Waals surface area contributed by atoms with Crippen LogP contribution in [-0.4, -0.2) is 4.38 Å². The maximum atomic E-state index is 6.15. The zero-order valence-electron chi connectivity index (χ0n) is 11.5. The molecule has 0 bridgehead atoms. The third-order valence-corrected chi connectivity index (χ3v) is 8.65. The van der Waals surface area contributed by atoms with Crippen LogP contribution in [0.15, 0.2) is 4.90 Å². The zero-order chi connectivity index (χ0) is 19.9. The van der Waals surface area contributed by atoms with Crippen molar-refractivity contribution >= 4 is 144 Å². The lowest BCUT2D eigenvalue weighted by atomic mass is 10.3. The van der Waals surface area contributed by atoms with E-state index in [1.165, 1.54) is 0 Å². The summed E-state index contributed by atoms with van der Waals surface area (Å²) in [5.41, 5.74) is 0. The molecule has 0 atom stereocenters. The third-order valence-electron chi connectivity index (χ3n) is 2.71. The van der Waals surface area contributed by atoms with Crippen LogP contribution in [-0.2, 0) is 0 Å². The predicted octanol–water partition coefficient (Wildman–Crippen LogP) is 10.7. The Labute approximate surface area is 207 Å². The fraction of sp³-hybridized carbons (Fsp3) is 0. The molecule has 0 radical (unpaired) electrons. The highest BCUT2D eigenvalue weighted by Gasteiger charge is 2.24. The Bertz CT molecular complexity index is 799. The minimum atomic E-state index is -0.0958. The number of thioether (sulfide) groups is 1. The van der Waals surface area contributed by atoms with Crippen molar-refractivity contribution in [1.82, 2.24) is 0 Å². The zero-order valence-corrected chi connectivity index (χ0v) is 20.7.